The molecule has 0 aromatic heterocycles. The molecule has 0 aliphatic rings. The monoisotopic (exact) mass is 389 g/mol. The fourth-order valence-corrected chi connectivity index (χ4v) is 2.06. The van der Waals surface area contributed by atoms with E-state index in [1.807, 2.05) is 18.2 Å². The van der Waals surface area contributed by atoms with Gasteiger partial charge in [0.1, 0.15) is 0 Å². The average Bonchev–Trinajstić information content (AvgIpc) is 2.41. The lowest BCUT2D eigenvalue weighted by Crippen LogP contribution is -2.33. The van der Waals surface area contributed by atoms with Crippen molar-refractivity contribution in [3.63, 3.8) is 0 Å². The molecule has 0 heterocycles. The molecule has 0 saturated heterocycles. The van der Waals surface area contributed by atoms with Gasteiger partial charge in [-0.15, -0.1) is 24.8 Å². The van der Waals surface area contributed by atoms with E-state index in [-0.39, 0.29) is 37.3 Å². The van der Waals surface area contributed by atoms with Crippen molar-refractivity contribution >= 4 is 36.4 Å². The molecule has 0 spiro atoms. The van der Waals surface area contributed by atoms with Crippen molar-refractivity contribution < 1.29 is 18.0 Å². The summed E-state index contributed by atoms with van der Waals surface area (Å²) in [4.78, 5) is 12.8. The summed E-state index contributed by atoms with van der Waals surface area (Å²) in [5.41, 5.74) is 7.36. The molecule has 0 bridgehead atoms. The van der Waals surface area contributed by atoms with Crippen LogP contribution in [-0.4, -0.2) is 43.7 Å². The molecule has 1 aromatic carbocycles. The molecule has 140 valence electrons. The molecule has 0 saturated carbocycles. The molecule has 4 nitrogen and oxygen atoms in total. The minimum Gasteiger partial charge on any atom is -0.399 e. The first kappa shape index (κ1) is 25.1. The van der Waals surface area contributed by atoms with E-state index in [4.69, 9.17) is 5.73 Å². The molecule has 0 atom stereocenters. The van der Waals surface area contributed by atoms with Crippen molar-refractivity contribution in [1.29, 1.82) is 0 Å². The van der Waals surface area contributed by atoms with Gasteiger partial charge in [-0.2, -0.15) is 13.2 Å². The number of nitrogens with one attached hydrogen (secondary N) is 1. The summed E-state index contributed by atoms with van der Waals surface area (Å²) < 4.78 is 36.3. The lowest BCUT2D eigenvalue weighted by molar-refractivity contribution is -0.143. The van der Waals surface area contributed by atoms with Crippen molar-refractivity contribution in [3.05, 3.63) is 29.8 Å². The lowest BCUT2D eigenvalue weighted by atomic mass is 10.1. The summed E-state index contributed by atoms with van der Waals surface area (Å²) >= 11 is 0. The van der Waals surface area contributed by atoms with Crippen molar-refractivity contribution in [2.75, 3.05) is 32.4 Å². The standard InChI is InChI=1S/C15H22F3N3O.2ClH/c1-21(11-15(16,17)18)10-4-9-20-14(22)8-7-12-5-2-3-6-13(12)19;;/h2-3,5-6H,4,7-11,19H2,1H3,(H,20,22);2*1H. The Kier molecular flexibility index (Phi) is 12.8. The van der Waals surface area contributed by atoms with Crippen LogP contribution in [0.2, 0.25) is 0 Å². The Morgan fingerprint density at radius 3 is 2.46 bits per heavy atom. The van der Waals surface area contributed by atoms with Crippen LogP contribution in [0.1, 0.15) is 18.4 Å². The van der Waals surface area contributed by atoms with Gasteiger partial charge in [0.2, 0.25) is 5.91 Å². The number of para-hydroxylation sites is 1. The molecule has 0 radical (unpaired) electrons. The zero-order chi connectivity index (χ0) is 16.6. The molecule has 3 N–H and O–H groups in total. The molecule has 9 heteroatoms. The van der Waals surface area contributed by atoms with Crippen LogP contribution < -0.4 is 11.1 Å². The molecule has 1 rings (SSSR count). The lowest BCUT2D eigenvalue weighted by Gasteiger charge is -2.18. The third kappa shape index (κ3) is 11.4. The van der Waals surface area contributed by atoms with E-state index in [9.17, 15) is 18.0 Å². The van der Waals surface area contributed by atoms with Crippen LogP contribution in [0.25, 0.3) is 0 Å². The highest BCUT2D eigenvalue weighted by molar-refractivity contribution is 5.85. The Hall–Kier alpha value is -1.18. The van der Waals surface area contributed by atoms with E-state index >= 15 is 0 Å². The summed E-state index contributed by atoms with van der Waals surface area (Å²) in [6, 6.07) is 7.34. The SMILES string of the molecule is CN(CCCNC(=O)CCc1ccccc1N)CC(F)(F)F.Cl.Cl. The van der Waals surface area contributed by atoms with E-state index in [1.54, 1.807) is 6.07 Å². The van der Waals surface area contributed by atoms with Crippen molar-refractivity contribution in [2.24, 2.45) is 0 Å². The van der Waals surface area contributed by atoms with Crippen LogP contribution in [0, 0.1) is 0 Å². The van der Waals surface area contributed by atoms with Gasteiger partial charge < -0.3 is 11.1 Å². The van der Waals surface area contributed by atoms with Crippen LogP contribution in [0.4, 0.5) is 18.9 Å². The predicted octanol–water partition coefficient (Wildman–Crippen LogP) is 3.05. The van der Waals surface area contributed by atoms with Gasteiger partial charge in [-0.1, -0.05) is 18.2 Å². The zero-order valence-electron chi connectivity index (χ0n) is 13.4. The van der Waals surface area contributed by atoms with E-state index in [0.29, 0.717) is 31.5 Å². The number of hydrogen-bond acceptors (Lipinski definition) is 3. The Balaban J connectivity index is 0. The third-order valence-electron chi connectivity index (χ3n) is 3.16. The third-order valence-corrected chi connectivity index (χ3v) is 3.16. The first-order valence-corrected chi connectivity index (χ1v) is 7.13. The summed E-state index contributed by atoms with van der Waals surface area (Å²) in [5.74, 6) is -0.123. The number of nitrogens with zero attached hydrogens (tertiary/aromatic N) is 1. The van der Waals surface area contributed by atoms with Gasteiger partial charge in [-0.05, 0) is 38.1 Å². The largest absolute Gasteiger partial charge is 0.401 e. The maximum Gasteiger partial charge on any atom is 0.401 e. The van der Waals surface area contributed by atoms with Crippen LogP contribution in [0.5, 0.6) is 0 Å². The minimum atomic E-state index is -4.19. The molecule has 24 heavy (non-hydrogen) atoms. The number of alkyl halides is 3. The quantitative estimate of drug-likeness (QED) is 0.530. The van der Waals surface area contributed by atoms with Crippen LogP contribution in [0.3, 0.4) is 0 Å². The molecule has 0 unspecified atom stereocenters. The number of benzene rings is 1. The summed E-state index contributed by atoms with van der Waals surface area (Å²) in [6.07, 6.45) is -2.85. The van der Waals surface area contributed by atoms with Gasteiger partial charge in [0.15, 0.2) is 0 Å². The van der Waals surface area contributed by atoms with E-state index < -0.39 is 12.7 Å². The molecule has 0 aliphatic carbocycles. The summed E-state index contributed by atoms with van der Waals surface area (Å²) in [6.45, 7) is -0.287. The number of rotatable bonds is 8. The van der Waals surface area contributed by atoms with Gasteiger partial charge in [0.05, 0.1) is 6.54 Å². The maximum absolute atomic E-state index is 12.1. The highest BCUT2D eigenvalue weighted by Gasteiger charge is 2.28. The number of carbonyl (C=O) groups excluding carboxylic acids is 1. The summed E-state index contributed by atoms with van der Waals surface area (Å²) in [5, 5.41) is 2.70. The Bertz CT molecular complexity index is 487. The van der Waals surface area contributed by atoms with Crippen LogP contribution >= 0.6 is 24.8 Å². The van der Waals surface area contributed by atoms with Gasteiger partial charge in [-0.3, -0.25) is 9.69 Å². The minimum absolute atomic E-state index is 0. The van der Waals surface area contributed by atoms with Crippen LogP contribution in [-0.2, 0) is 11.2 Å². The molecule has 0 fully saturated rings. The first-order chi connectivity index (χ1) is 10.3. The average molecular weight is 390 g/mol. The fraction of sp³-hybridized carbons (Fsp3) is 0.533. The fourth-order valence-electron chi connectivity index (χ4n) is 2.06. The van der Waals surface area contributed by atoms with Gasteiger partial charge in [-0.25, -0.2) is 0 Å². The number of amides is 1. The van der Waals surface area contributed by atoms with Crippen molar-refractivity contribution in [3.8, 4) is 0 Å². The number of halogens is 5. The van der Waals surface area contributed by atoms with Gasteiger partial charge in [0, 0.05) is 18.7 Å². The van der Waals surface area contributed by atoms with Gasteiger partial charge in [0.25, 0.3) is 0 Å². The van der Waals surface area contributed by atoms with Gasteiger partial charge >= 0.3 is 6.18 Å². The highest BCUT2D eigenvalue weighted by atomic mass is 35.5. The molecular formula is C15H24Cl2F3N3O. The molecule has 1 aromatic rings. The molecule has 0 aliphatic heterocycles. The second-order valence-corrected chi connectivity index (χ2v) is 5.26. The van der Waals surface area contributed by atoms with Crippen LogP contribution in [0.15, 0.2) is 24.3 Å². The second-order valence-electron chi connectivity index (χ2n) is 5.26. The number of hydrogen-bond donors (Lipinski definition) is 2. The number of anilines is 1. The Morgan fingerprint density at radius 1 is 1.25 bits per heavy atom. The smallest absolute Gasteiger partial charge is 0.399 e. The zero-order valence-corrected chi connectivity index (χ0v) is 15.1. The normalized spacial score (nSPS) is 10.7. The Labute approximate surface area is 152 Å². The van der Waals surface area contributed by atoms with E-state index in [1.165, 1.54) is 11.9 Å². The van der Waals surface area contributed by atoms with E-state index in [2.05, 4.69) is 5.32 Å². The van der Waals surface area contributed by atoms with E-state index in [0.717, 1.165) is 5.56 Å². The maximum atomic E-state index is 12.1. The van der Waals surface area contributed by atoms with Crippen molar-refractivity contribution in [2.45, 2.75) is 25.4 Å². The number of carbonyl (C=O) groups is 1. The number of nitrogen functional groups attached to an aromatic ring is 1. The Morgan fingerprint density at radius 2 is 1.88 bits per heavy atom. The summed E-state index contributed by atoms with van der Waals surface area (Å²) in [7, 11) is 1.41. The van der Waals surface area contributed by atoms with Crippen molar-refractivity contribution in [1.82, 2.24) is 10.2 Å². The molecule has 1 amide bonds. The highest BCUT2D eigenvalue weighted by Crippen LogP contribution is 2.15. The number of aryl methyl sites for hydroxylation is 1. The second kappa shape index (κ2) is 12.2. The topological polar surface area (TPSA) is 58.4 Å². The molecular weight excluding hydrogens is 366 g/mol. The first-order valence-electron chi connectivity index (χ1n) is 7.13. The number of nitrogens with two attached hydrogens (primary N) is 1. The predicted molar refractivity (Wildman–Crippen MR) is 94.9 cm³/mol.